The summed E-state index contributed by atoms with van der Waals surface area (Å²) < 4.78 is 0. The third-order valence-corrected chi connectivity index (χ3v) is 1.85. The number of rotatable bonds is 1. The van der Waals surface area contributed by atoms with Crippen molar-refractivity contribution >= 4 is 13.6 Å². The molecule has 1 unspecified atom stereocenters. The predicted octanol–water partition coefficient (Wildman–Crippen LogP) is 0.575. The predicted molar refractivity (Wildman–Crippen MR) is 39.4 cm³/mol. The Balaban J connectivity index is 2.85. The zero-order valence-corrected chi connectivity index (χ0v) is 5.75. The highest BCUT2D eigenvalue weighted by atomic mass is 31.2. The molecule has 0 fully saturated rings. The molecule has 9 heavy (non-hydrogen) atoms. The summed E-state index contributed by atoms with van der Waals surface area (Å²) in [4.78, 5) is 8.87. The summed E-state index contributed by atoms with van der Waals surface area (Å²) in [6.45, 7) is 0. The van der Waals surface area contributed by atoms with Gasteiger partial charge in [-0.15, -0.1) is 0 Å². The molecule has 48 valence electrons. The van der Waals surface area contributed by atoms with Gasteiger partial charge in [0.25, 0.3) is 0 Å². The highest BCUT2D eigenvalue weighted by Crippen LogP contribution is 2.15. The van der Waals surface area contributed by atoms with Gasteiger partial charge in [-0.1, -0.05) is 30.3 Å². The molecule has 1 atom stereocenters. The minimum Gasteiger partial charge on any atom is -0.356 e. The lowest BCUT2D eigenvalue weighted by Gasteiger charge is -2.00. The summed E-state index contributed by atoms with van der Waals surface area (Å²) in [6, 6.07) is 9.22. The SMILES string of the molecule is NP(O)c1ccccc1. The van der Waals surface area contributed by atoms with E-state index in [1.807, 2.05) is 30.3 Å². The van der Waals surface area contributed by atoms with Gasteiger partial charge in [-0.3, -0.25) is 5.50 Å². The molecule has 0 saturated carbocycles. The molecule has 0 heterocycles. The summed E-state index contributed by atoms with van der Waals surface area (Å²) >= 11 is 0. The van der Waals surface area contributed by atoms with E-state index >= 15 is 0 Å². The molecule has 3 heteroatoms. The van der Waals surface area contributed by atoms with Crippen LogP contribution in [0.1, 0.15) is 0 Å². The molecule has 0 bridgehead atoms. The molecule has 1 aromatic carbocycles. The maximum atomic E-state index is 8.87. The summed E-state index contributed by atoms with van der Waals surface area (Å²) in [5, 5.41) is 0.813. The molecule has 0 aliphatic rings. The fourth-order valence-electron chi connectivity index (χ4n) is 0.581. The molecule has 1 rings (SSSR count). The quantitative estimate of drug-likeness (QED) is 0.562. The van der Waals surface area contributed by atoms with Gasteiger partial charge in [0, 0.05) is 5.30 Å². The van der Waals surface area contributed by atoms with Crippen molar-refractivity contribution in [2.24, 2.45) is 5.50 Å². The average molecular weight is 141 g/mol. The number of benzene rings is 1. The molecule has 0 aromatic heterocycles. The van der Waals surface area contributed by atoms with Crippen molar-refractivity contribution in [1.82, 2.24) is 0 Å². The first-order valence-corrected chi connectivity index (χ1v) is 3.96. The topological polar surface area (TPSA) is 46.2 Å². The first-order valence-electron chi connectivity index (χ1n) is 2.59. The van der Waals surface area contributed by atoms with Crippen molar-refractivity contribution < 1.29 is 4.89 Å². The van der Waals surface area contributed by atoms with Crippen molar-refractivity contribution in [1.29, 1.82) is 0 Å². The standard InChI is InChI=1S/C6H8NOP/c7-9(8)6-4-2-1-3-5-6/h1-5,8H,7H2. The molecule has 0 spiro atoms. The molecule has 0 saturated heterocycles. The van der Waals surface area contributed by atoms with Crippen LogP contribution >= 0.6 is 8.30 Å². The van der Waals surface area contributed by atoms with Gasteiger partial charge in [-0.25, -0.2) is 0 Å². The molecule has 0 amide bonds. The summed E-state index contributed by atoms with van der Waals surface area (Å²) in [5.41, 5.74) is 5.23. The highest BCUT2D eigenvalue weighted by molar-refractivity contribution is 7.57. The zero-order valence-electron chi connectivity index (χ0n) is 4.86. The largest absolute Gasteiger partial charge is 0.356 e. The summed E-state index contributed by atoms with van der Waals surface area (Å²) in [6.07, 6.45) is 0. The Labute approximate surface area is 55.2 Å². The van der Waals surface area contributed by atoms with Gasteiger partial charge in [-0.05, 0) is 0 Å². The van der Waals surface area contributed by atoms with Gasteiger partial charge in [0.2, 0.25) is 0 Å². The fourth-order valence-corrected chi connectivity index (χ4v) is 1.06. The van der Waals surface area contributed by atoms with E-state index < -0.39 is 8.30 Å². The molecular formula is C6H8NOP. The van der Waals surface area contributed by atoms with Gasteiger partial charge >= 0.3 is 0 Å². The monoisotopic (exact) mass is 141 g/mol. The van der Waals surface area contributed by atoms with Crippen molar-refractivity contribution in [2.75, 3.05) is 0 Å². The normalized spacial score (nSPS) is 13.1. The van der Waals surface area contributed by atoms with Gasteiger partial charge in [0.1, 0.15) is 8.30 Å². The Hall–Kier alpha value is -0.430. The molecular weight excluding hydrogens is 133 g/mol. The van der Waals surface area contributed by atoms with Crippen molar-refractivity contribution in [2.45, 2.75) is 0 Å². The lowest BCUT2D eigenvalue weighted by molar-refractivity contribution is 0.636. The molecule has 0 radical (unpaired) electrons. The van der Waals surface area contributed by atoms with Gasteiger partial charge < -0.3 is 4.89 Å². The molecule has 1 aromatic rings. The minimum atomic E-state index is -1.40. The minimum absolute atomic E-state index is 0.813. The Kier molecular flexibility index (Phi) is 2.17. The average Bonchev–Trinajstić information content (AvgIpc) is 1.90. The molecule has 2 nitrogen and oxygen atoms in total. The van der Waals surface area contributed by atoms with Crippen LogP contribution in [0, 0.1) is 0 Å². The highest BCUT2D eigenvalue weighted by Gasteiger charge is 1.96. The Bertz CT molecular complexity index is 176. The van der Waals surface area contributed by atoms with Crippen LogP contribution in [-0.2, 0) is 0 Å². The van der Waals surface area contributed by atoms with Crippen molar-refractivity contribution in [3.63, 3.8) is 0 Å². The van der Waals surface area contributed by atoms with Crippen LogP contribution in [0.4, 0.5) is 0 Å². The summed E-state index contributed by atoms with van der Waals surface area (Å²) in [5.74, 6) is 0. The van der Waals surface area contributed by atoms with Gasteiger partial charge in [-0.2, -0.15) is 0 Å². The first-order chi connectivity index (χ1) is 4.30. The lowest BCUT2D eigenvalue weighted by atomic mass is 10.4. The van der Waals surface area contributed by atoms with Crippen LogP contribution in [0.2, 0.25) is 0 Å². The Morgan fingerprint density at radius 3 is 2.11 bits per heavy atom. The zero-order chi connectivity index (χ0) is 6.69. The number of nitrogens with two attached hydrogens (primary N) is 1. The maximum Gasteiger partial charge on any atom is 0.129 e. The smallest absolute Gasteiger partial charge is 0.129 e. The molecule has 0 aliphatic carbocycles. The summed E-state index contributed by atoms with van der Waals surface area (Å²) in [7, 11) is -1.40. The van der Waals surface area contributed by atoms with Crippen LogP contribution < -0.4 is 10.8 Å². The molecule has 0 aliphatic heterocycles. The second-order valence-corrected chi connectivity index (χ2v) is 2.89. The third-order valence-electron chi connectivity index (χ3n) is 1.02. The second kappa shape index (κ2) is 2.92. The van der Waals surface area contributed by atoms with E-state index in [0.29, 0.717) is 0 Å². The van der Waals surface area contributed by atoms with E-state index in [9.17, 15) is 0 Å². The number of hydrogen-bond acceptors (Lipinski definition) is 2. The van der Waals surface area contributed by atoms with Crippen molar-refractivity contribution in [3.8, 4) is 0 Å². The van der Waals surface area contributed by atoms with E-state index in [4.69, 9.17) is 10.4 Å². The van der Waals surface area contributed by atoms with Gasteiger partial charge in [0.15, 0.2) is 0 Å². The maximum absolute atomic E-state index is 8.87. The van der Waals surface area contributed by atoms with E-state index in [-0.39, 0.29) is 0 Å². The first kappa shape index (κ1) is 6.69. The van der Waals surface area contributed by atoms with E-state index in [1.54, 1.807) is 0 Å². The fraction of sp³-hybridized carbons (Fsp3) is 0. The van der Waals surface area contributed by atoms with Crippen LogP contribution in [0.15, 0.2) is 30.3 Å². The van der Waals surface area contributed by atoms with Crippen LogP contribution in [-0.4, -0.2) is 4.89 Å². The second-order valence-electron chi connectivity index (χ2n) is 1.68. The van der Waals surface area contributed by atoms with Crippen LogP contribution in [0.25, 0.3) is 0 Å². The number of hydrogen-bond donors (Lipinski definition) is 2. The Morgan fingerprint density at radius 1 is 1.22 bits per heavy atom. The Morgan fingerprint density at radius 2 is 1.78 bits per heavy atom. The van der Waals surface area contributed by atoms with Gasteiger partial charge in [0.05, 0.1) is 0 Å². The van der Waals surface area contributed by atoms with Crippen LogP contribution in [0.3, 0.4) is 0 Å². The van der Waals surface area contributed by atoms with Crippen molar-refractivity contribution in [3.05, 3.63) is 30.3 Å². The van der Waals surface area contributed by atoms with E-state index in [0.717, 1.165) is 5.30 Å². The lowest BCUT2D eigenvalue weighted by Crippen LogP contribution is -2.04. The third kappa shape index (κ3) is 1.75. The van der Waals surface area contributed by atoms with Crippen LogP contribution in [0.5, 0.6) is 0 Å². The van der Waals surface area contributed by atoms with E-state index in [1.165, 1.54) is 0 Å². The molecule has 3 N–H and O–H groups in total. The van der Waals surface area contributed by atoms with E-state index in [2.05, 4.69) is 0 Å².